The normalized spacial score (nSPS) is 24.1. The number of hydrogen-bond donors (Lipinski definition) is 1. The molecule has 4 nitrogen and oxygen atoms in total. The van der Waals surface area contributed by atoms with Crippen LogP contribution in [0.25, 0.3) is 0 Å². The highest BCUT2D eigenvalue weighted by Gasteiger charge is 2.46. The summed E-state index contributed by atoms with van der Waals surface area (Å²) < 4.78 is 5.41. The maximum atomic E-state index is 11.8. The van der Waals surface area contributed by atoms with Gasteiger partial charge in [0.05, 0.1) is 0 Å². The van der Waals surface area contributed by atoms with Crippen LogP contribution in [0.1, 0.15) is 24.5 Å². The average molecular weight is 218 g/mol. The molecule has 16 heavy (non-hydrogen) atoms. The number of nitrogens with zero attached hydrogens (tertiary/aromatic N) is 1. The third-order valence-electron chi connectivity index (χ3n) is 2.85. The third kappa shape index (κ3) is 1.46. The fraction of sp³-hybridized carbons (Fsp3) is 0.333. The van der Waals surface area contributed by atoms with E-state index in [1.54, 1.807) is 0 Å². The Labute approximate surface area is 94.1 Å². The molecule has 4 heteroatoms. The van der Waals surface area contributed by atoms with Gasteiger partial charge in [-0.15, -0.1) is 0 Å². The van der Waals surface area contributed by atoms with Crippen LogP contribution in [0, 0.1) is 6.92 Å². The predicted octanol–water partition coefficient (Wildman–Crippen LogP) is 1.47. The van der Waals surface area contributed by atoms with Crippen LogP contribution in [0.4, 0.5) is 0 Å². The third-order valence-corrected chi connectivity index (χ3v) is 2.85. The van der Waals surface area contributed by atoms with E-state index >= 15 is 0 Å². The van der Waals surface area contributed by atoms with Crippen molar-refractivity contribution in [3.63, 3.8) is 0 Å². The monoisotopic (exact) mass is 218 g/mol. The van der Waals surface area contributed by atoms with Gasteiger partial charge in [-0.05, 0) is 13.3 Å². The van der Waals surface area contributed by atoms with Crippen molar-refractivity contribution < 1.29 is 9.53 Å². The summed E-state index contributed by atoms with van der Waals surface area (Å²) in [5.41, 5.74) is 6.37. The molecule has 0 fully saturated rings. The van der Waals surface area contributed by atoms with Crippen LogP contribution in [0.2, 0.25) is 0 Å². The Balaban J connectivity index is 2.44. The summed E-state index contributed by atoms with van der Waals surface area (Å²) in [6, 6.07) is 7.60. The van der Waals surface area contributed by atoms with E-state index in [1.165, 1.54) is 0 Å². The average Bonchev–Trinajstić information content (AvgIpc) is 2.55. The minimum Gasteiger partial charge on any atom is -0.443 e. The van der Waals surface area contributed by atoms with Crippen molar-refractivity contribution in [3.8, 4) is 0 Å². The van der Waals surface area contributed by atoms with E-state index in [4.69, 9.17) is 10.5 Å². The molecular weight excluding hydrogens is 204 g/mol. The Morgan fingerprint density at radius 1 is 1.38 bits per heavy atom. The Morgan fingerprint density at radius 3 is 2.44 bits per heavy atom. The molecule has 2 N–H and O–H groups in total. The molecule has 84 valence electrons. The van der Waals surface area contributed by atoms with E-state index in [9.17, 15) is 4.79 Å². The largest absolute Gasteiger partial charge is 0.443 e. The highest BCUT2D eigenvalue weighted by Crippen LogP contribution is 2.34. The maximum absolute atomic E-state index is 11.8. The standard InChI is InChI=1S/C12H14N2O2/c1-3-12(10(15)14-11(13)16-12)9-6-4-8(2)5-7-9/h4-7H,3H2,1-2H3,(H2,13,14,15). The van der Waals surface area contributed by atoms with Crippen LogP contribution >= 0.6 is 0 Å². The van der Waals surface area contributed by atoms with Gasteiger partial charge in [-0.2, -0.15) is 4.99 Å². The lowest BCUT2D eigenvalue weighted by atomic mass is 9.90. The van der Waals surface area contributed by atoms with E-state index in [2.05, 4.69) is 4.99 Å². The number of rotatable bonds is 2. The summed E-state index contributed by atoms with van der Waals surface area (Å²) in [5.74, 6) is -0.323. The highest BCUT2D eigenvalue weighted by molar-refractivity contribution is 6.01. The molecule has 1 unspecified atom stereocenters. The van der Waals surface area contributed by atoms with Crippen LogP contribution in [-0.4, -0.2) is 11.9 Å². The SMILES string of the molecule is CCC1(c2ccc(C)cc2)OC(N)=NC1=O. The van der Waals surface area contributed by atoms with Gasteiger partial charge < -0.3 is 10.5 Å². The topological polar surface area (TPSA) is 64.7 Å². The fourth-order valence-corrected chi connectivity index (χ4v) is 1.87. The van der Waals surface area contributed by atoms with Crippen LogP contribution in [0.3, 0.4) is 0 Å². The zero-order valence-corrected chi connectivity index (χ0v) is 9.36. The molecule has 1 atom stereocenters. The van der Waals surface area contributed by atoms with Gasteiger partial charge in [0, 0.05) is 5.56 Å². The second-order valence-corrected chi connectivity index (χ2v) is 3.90. The number of nitrogens with two attached hydrogens (primary N) is 1. The first-order chi connectivity index (χ1) is 7.58. The van der Waals surface area contributed by atoms with Crippen LogP contribution < -0.4 is 5.73 Å². The summed E-state index contributed by atoms with van der Waals surface area (Å²) in [4.78, 5) is 15.5. The molecule has 1 aliphatic rings. The predicted molar refractivity (Wildman–Crippen MR) is 60.9 cm³/mol. The lowest BCUT2D eigenvalue weighted by Crippen LogP contribution is -2.34. The molecule has 1 aromatic carbocycles. The molecule has 1 aliphatic heterocycles. The lowest BCUT2D eigenvalue weighted by molar-refractivity contribution is -0.131. The zero-order valence-electron chi connectivity index (χ0n) is 9.36. The Hall–Kier alpha value is -1.84. The maximum Gasteiger partial charge on any atom is 0.299 e. The van der Waals surface area contributed by atoms with E-state index in [0.717, 1.165) is 11.1 Å². The smallest absolute Gasteiger partial charge is 0.299 e. The van der Waals surface area contributed by atoms with Crippen molar-refractivity contribution in [2.75, 3.05) is 0 Å². The number of hydrogen-bond acceptors (Lipinski definition) is 3. The highest BCUT2D eigenvalue weighted by atomic mass is 16.5. The van der Waals surface area contributed by atoms with Crippen molar-refractivity contribution in [3.05, 3.63) is 35.4 Å². The number of benzene rings is 1. The van der Waals surface area contributed by atoms with Gasteiger partial charge in [0.15, 0.2) is 0 Å². The zero-order chi connectivity index (χ0) is 11.8. The van der Waals surface area contributed by atoms with Gasteiger partial charge in [0.2, 0.25) is 5.60 Å². The van der Waals surface area contributed by atoms with Gasteiger partial charge in [-0.25, -0.2) is 0 Å². The van der Waals surface area contributed by atoms with Crippen LogP contribution in [0.15, 0.2) is 29.3 Å². The van der Waals surface area contributed by atoms with Crippen molar-refractivity contribution in [1.29, 1.82) is 0 Å². The molecule has 0 saturated carbocycles. The van der Waals surface area contributed by atoms with E-state index in [0.29, 0.717) is 6.42 Å². The Bertz CT molecular complexity index is 451. The molecule has 0 radical (unpaired) electrons. The Kier molecular flexibility index (Phi) is 2.42. The molecule has 0 aromatic heterocycles. The molecular formula is C12H14N2O2. The van der Waals surface area contributed by atoms with Crippen LogP contribution in [-0.2, 0) is 15.1 Å². The molecule has 1 aromatic rings. The van der Waals surface area contributed by atoms with Crippen molar-refractivity contribution in [2.45, 2.75) is 25.9 Å². The minimum absolute atomic E-state index is 0.0487. The second-order valence-electron chi connectivity index (χ2n) is 3.90. The van der Waals surface area contributed by atoms with E-state index in [1.807, 2.05) is 38.1 Å². The van der Waals surface area contributed by atoms with Crippen molar-refractivity contribution in [1.82, 2.24) is 0 Å². The minimum atomic E-state index is -1.02. The number of aliphatic imine (C=N–C) groups is 1. The number of carbonyl (C=O) groups excluding carboxylic acids is 1. The quantitative estimate of drug-likeness (QED) is 0.817. The van der Waals surface area contributed by atoms with Gasteiger partial charge in [-0.3, -0.25) is 4.79 Å². The molecule has 0 aliphatic carbocycles. The second kappa shape index (κ2) is 3.63. The Morgan fingerprint density at radius 2 is 2.00 bits per heavy atom. The molecule has 0 bridgehead atoms. The number of amides is 1. The van der Waals surface area contributed by atoms with Gasteiger partial charge >= 0.3 is 0 Å². The van der Waals surface area contributed by atoms with Crippen molar-refractivity contribution in [2.24, 2.45) is 10.7 Å². The number of carbonyl (C=O) groups is 1. The summed E-state index contributed by atoms with van der Waals surface area (Å²) in [5, 5.41) is 0. The molecule has 1 amide bonds. The molecule has 2 rings (SSSR count). The first-order valence-corrected chi connectivity index (χ1v) is 5.23. The van der Waals surface area contributed by atoms with Gasteiger partial charge in [0.25, 0.3) is 11.9 Å². The van der Waals surface area contributed by atoms with E-state index in [-0.39, 0.29) is 11.9 Å². The number of amidine groups is 1. The fourth-order valence-electron chi connectivity index (χ4n) is 1.87. The first-order valence-electron chi connectivity index (χ1n) is 5.23. The van der Waals surface area contributed by atoms with Gasteiger partial charge in [0.1, 0.15) is 0 Å². The number of ether oxygens (including phenoxy) is 1. The summed E-state index contributed by atoms with van der Waals surface area (Å²) in [6.07, 6.45) is 0.513. The summed E-state index contributed by atoms with van der Waals surface area (Å²) in [6.45, 7) is 3.87. The lowest BCUT2D eigenvalue weighted by Gasteiger charge is -2.24. The van der Waals surface area contributed by atoms with Gasteiger partial charge in [-0.1, -0.05) is 36.8 Å². The van der Waals surface area contributed by atoms with Crippen molar-refractivity contribution >= 4 is 11.9 Å². The molecule has 0 saturated heterocycles. The van der Waals surface area contributed by atoms with E-state index < -0.39 is 5.60 Å². The molecule has 0 spiro atoms. The van der Waals surface area contributed by atoms with Crippen LogP contribution in [0.5, 0.6) is 0 Å². The summed E-state index contributed by atoms with van der Waals surface area (Å²) in [7, 11) is 0. The first kappa shape index (κ1) is 10.7. The number of aryl methyl sites for hydroxylation is 1. The molecule has 1 heterocycles. The summed E-state index contributed by atoms with van der Waals surface area (Å²) >= 11 is 0.